The van der Waals surface area contributed by atoms with Gasteiger partial charge in [-0.15, -0.1) is 0 Å². The van der Waals surface area contributed by atoms with E-state index in [0.717, 1.165) is 5.56 Å². The van der Waals surface area contributed by atoms with Crippen LogP contribution in [0.15, 0.2) is 46.1 Å². The van der Waals surface area contributed by atoms with Gasteiger partial charge < -0.3 is 19.5 Å². The van der Waals surface area contributed by atoms with E-state index in [4.69, 9.17) is 37.4 Å². The molecule has 0 bridgehead atoms. The van der Waals surface area contributed by atoms with Gasteiger partial charge in [-0.1, -0.05) is 34.4 Å². The fourth-order valence-electron chi connectivity index (χ4n) is 3.73. The average molecular weight is 583 g/mol. The van der Waals surface area contributed by atoms with Crippen molar-refractivity contribution in [1.29, 1.82) is 0 Å². The molecule has 1 atom stereocenters. The molecule has 3 aromatic rings. The van der Waals surface area contributed by atoms with Gasteiger partial charge in [-0.3, -0.25) is 0 Å². The molecule has 12 heteroatoms. The molecule has 0 amide bonds. The van der Waals surface area contributed by atoms with Gasteiger partial charge in [0.15, 0.2) is 11.5 Å². The summed E-state index contributed by atoms with van der Waals surface area (Å²) in [6, 6.07) is 8.33. The number of nitrogens with zero attached hydrogens (tertiary/aromatic N) is 4. The minimum Gasteiger partial charge on any atom is -0.490 e. The van der Waals surface area contributed by atoms with Crippen LogP contribution in [-0.4, -0.2) is 39.4 Å². The third-order valence-electron chi connectivity index (χ3n) is 5.22. The van der Waals surface area contributed by atoms with Crippen molar-refractivity contribution >= 4 is 51.0 Å². The lowest BCUT2D eigenvalue weighted by molar-refractivity contribution is -0.139. The highest BCUT2D eigenvalue weighted by Crippen LogP contribution is 2.43. The fourth-order valence-corrected chi connectivity index (χ4v) is 4.62. The number of carbonyl (C=O) groups is 1. The highest BCUT2D eigenvalue weighted by atomic mass is 79.9. The molecule has 0 saturated heterocycles. The summed E-state index contributed by atoms with van der Waals surface area (Å²) in [7, 11) is 0. The van der Waals surface area contributed by atoms with Gasteiger partial charge in [0.25, 0.3) is 0 Å². The molecule has 0 saturated carbocycles. The Labute approximate surface area is 220 Å². The third kappa shape index (κ3) is 5.24. The van der Waals surface area contributed by atoms with Crippen molar-refractivity contribution in [2.75, 3.05) is 18.5 Å². The van der Waals surface area contributed by atoms with Gasteiger partial charge in [0, 0.05) is 5.70 Å². The number of anilines is 1. The third-order valence-corrected chi connectivity index (χ3v) is 6.55. The van der Waals surface area contributed by atoms with E-state index in [9.17, 15) is 4.79 Å². The van der Waals surface area contributed by atoms with E-state index in [-0.39, 0.29) is 13.2 Å². The summed E-state index contributed by atoms with van der Waals surface area (Å²) in [5, 5.41) is 15.9. The van der Waals surface area contributed by atoms with Crippen molar-refractivity contribution < 1.29 is 19.0 Å². The molecule has 9 nitrogen and oxygen atoms in total. The molecule has 0 radical (unpaired) electrons. The number of nitrogens with one attached hydrogen (secondary N) is 1. The summed E-state index contributed by atoms with van der Waals surface area (Å²) in [5.41, 5.74) is 2.55. The molecule has 0 spiro atoms. The topological polar surface area (TPSA) is 100 Å². The smallest absolute Gasteiger partial charge is 0.338 e. The Kier molecular flexibility index (Phi) is 7.83. The molecule has 35 heavy (non-hydrogen) atoms. The maximum atomic E-state index is 12.9. The molecule has 1 aliphatic heterocycles. The number of ether oxygens (including phenoxy) is 3. The monoisotopic (exact) mass is 581 g/mol. The van der Waals surface area contributed by atoms with E-state index in [2.05, 4.69) is 36.8 Å². The van der Waals surface area contributed by atoms with Crippen LogP contribution < -0.4 is 14.8 Å². The standard InChI is InChI=1S/C23H22BrCl2N5O4/c1-4-33-18-10-14(9-15(24)21(18)35-11-13-6-7-16(25)17(26)8-13)20-19(22(32)34-5-2)12(3)27-23-28-29-30-31(20)23/h6-10,20H,4-5,11H2,1-3H3,(H,27,28,30). The average Bonchev–Trinajstić information content (AvgIpc) is 3.28. The van der Waals surface area contributed by atoms with Crippen LogP contribution in [0, 0.1) is 0 Å². The summed E-state index contributed by atoms with van der Waals surface area (Å²) in [6.45, 7) is 6.30. The minimum absolute atomic E-state index is 0.236. The van der Waals surface area contributed by atoms with Crippen LogP contribution in [-0.2, 0) is 16.1 Å². The normalized spacial score (nSPS) is 14.9. The van der Waals surface area contributed by atoms with Gasteiger partial charge in [-0.25, -0.2) is 4.79 Å². The molecule has 1 unspecified atom stereocenters. The molecule has 2 aromatic carbocycles. The van der Waals surface area contributed by atoms with Gasteiger partial charge in [0.05, 0.1) is 33.3 Å². The summed E-state index contributed by atoms with van der Waals surface area (Å²) in [5.74, 6) is 0.948. The number of allylic oxidation sites excluding steroid dienone is 1. The lowest BCUT2D eigenvalue weighted by Gasteiger charge is -2.28. The Balaban J connectivity index is 1.74. The summed E-state index contributed by atoms with van der Waals surface area (Å²) < 4.78 is 19.5. The lowest BCUT2D eigenvalue weighted by Crippen LogP contribution is -2.29. The predicted molar refractivity (Wildman–Crippen MR) is 135 cm³/mol. The first kappa shape index (κ1) is 25.3. The molecular weight excluding hydrogens is 561 g/mol. The van der Waals surface area contributed by atoms with Crippen molar-refractivity contribution in [3.05, 3.63) is 67.2 Å². The molecule has 2 heterocycles. The van der Waals surface area contributed by atoms with E-state index < -0.39 is 12.0 Å². The second kappa shape index (κ2) is 10.8. The van der Waals surface area contributed by atoms with Gasteiger partial charge >= 0.3 is 5.97 Å². The van der Waals surface area contributed by atoms with Crippen molar-refractivity contribution in [3.8, 4) is 11.5 Å². The maximum absolute atomic E-state index is 12.9. The number of hydrogen-bond acceptors (Lipinski definition) is 8. The number of tetrazole rings is 1. The molecule has 1 N–H and O–H groups in total. The highest BCUT2D eigenvalue weighted by Gasteiger charge is 2.36. The Bertz CT molecular complexity index is 1300. The summed E-state index contributed by atoms with van der Waals surface area (Å²) in [4.78, 5) is 12.9. The number of halogens is 3. The zero-order chi connectivity index (χ0) is 25.1. The van der Waals surface area contributed by atoms with Crippen LogP contribution >= 0.6 is 39.1 Å². The number of fused-ring (bicyclic) bond motifs is 1. The SMILES string of the molecule is CCOC(=O)C1=C(C)Nc2nnnn2C1c1cc(Br)c(OCc2ccc(Cl)c(Cl)c2)c(OCC)c1. The van der Waals surface area contributed by atoms with Crippen molar-refractivity contribution in [3.63, 3.8) is 0 Å². The second-order valence-electron chi connectivity index (χ2n) is 7.53. The number of rotatable bonds is 8. The molecule has 0 aliphatic carbocycles. The van der Waals surface area contributed by atoms with Crippen molar-refractivity contribution in [2.24, 2.45) is 0 Å². The van der Waals surface area contributed by atoms with Crippen LogP contribution in [0.4, 0.5) is 5.95 Å². The molecule has 4 rings (SSSR count). The lowest BCUT2D eigenvalue weighted by atomic mass is 9.95. The van der Waals surface area contributed by atoms with E-state index in [1.54, 1.807) is 26.0 Å². The number of aromatic nitrogens is 4. The van der Waals surface area contributed by atoms with Crippen LogP contribution in [0.1, 0.15) is 37.9 Å². The number of esters is 1. The molecule has 0 fully saturated rings. The van der Waals surface area contributed by atoms with Crippen molar-refractivity contribution in [1.82, 2.24) is 20.2 Å². The zero-order valence-electron chi connectivity index (χ0n) is 19.1. The van der Waals surface area contributed by atoms with Gasteiger partial charge in [0.1, 0.15) is 12.6 Å². The maximum Gasteiger partial charge on any atom is 0.338 e. The molecule has 184 valence electrons. The molecular formula is C23H22BrCl2N5O4. The molecule has 1 aromatic heterocycles. The highest BCUT2D eigenvalue weighted by molar-refractivity contribution is 9.10. The Morgan fingerprint density at radius 1 is 1.14 bits per heavy atom. The second-order valence-corrected chi connectivity index (χ2v) is 9.20. The van der Waals surface area contributed by atoms with E-state index in [1.165, 1.54) is 4.68 Å². The quantitative estimate of drug-likeness (QED) is 0.344. The Morgan fingerprint density at radius 3 is 2.66 bits per heavy atom. The number of carbonyl (C=O) groups excluding carboxylic acids is 1. The zero-order valence-corrected chi connectivity index (χ0v) is 22.2. The summed E-state index contributed by atoms with van der Waals surface area (Å²) in [6.07, 6.45) is 0. The predicted octanol–water partition coefficient (Wildman–Crippen LogP) is 5.57. The molecule has 1 aliphatic rings. The Hall–Kier alpha value is -2.82. The largest absolute Gasteiger partial charge is 0.490 e. The van der Waals surface area contributed by atoms with Crippen LogP contribution in [0.5, 0.6) is 11.5 Å². The fraction of sp³-hybridized carbons (Fsp3) is 0.304. The first-order chi connectivity index (χ1) is 16.8. The van der Waals surface area contributed by atoms with Crippen molar-refractivity contribution in [2.45, 2.75) is 33.4 Å². The summed E-state index contributed by atoms with van der Waals surface area (Å²) >= 11 is 15.8. The van der Waals surface area contributed by atoms with E-state index in [0.29, 0.717) is 55.4 Å². The first-order valence-electron chi connectivity index (χ1n) is 10.8. The van der Waals surface area contributed by atoms with Crippen LogP contribution in [0.25, 0.3) is 0 Å². The van der Waals surface area contributed by atoms with Gasteiger partial charge in [-0.05, 0) is 82.5 Å². The van der Waals surface area contributed by atoms with Crippen LogP contribution in [0.2, 0.25) is 10.0 Å². The van der Waals surface area contributed by atoms with E-state index >= 15 is 0 Å². The number of benzene rings is 2. The van der Waals surface area contributed by atoms with Gasteiger partial charge in [-0.2, -0.15) is 4.68 Å². The van der Waals surface area contributed by atoms with Crippen LogP contribution in [0.3, 0.4) is 0 Å². The van der Waals surface area contributed by atoms with Gasteiger partial charge in [0.2, 0.25) is 5.95 Å². The van der Waals surface area contributed by atoms with E-state index in [1.807, 2.05) is 25.1 Å². The Morgan fingerprint density at radius 2 is 1.94 bits per heavy atom. The number of hydrogen-bond donors (Lipinski definition) is 1. The minimum atomic E-state index is -0.639. The first-order valence-corrected chi connectivity index (χ1v) is 12.3.